The van der Waals surface area contributed by atoms with Crippen molar-refractivity contribution >= 4 is 28.8 Å². The summed E-state index contributed by atoms with van der Waals surface area (Å²) < 4.78 is 10.4. The van der Waals surface area contributed by atoms with Crippen LogP contribution in [0.4, 0.5) is 5.69 Å². The molecule has 0 fully saturated rings. The van der Waals surface area contributed by atoms with Gasteiger partial charge < -0.3 is 14.8 Å². The van der Waals surface area contributed by atoms with Gasteiger partial charge >= 0.3 is 0 Å². The molecule has 1 aliphatic rings. The Morgan fingerprint density at radius 2 is 2.23 bits per heavy atom. The van der Waals surface area contributed by atoms with Gasteiger partial charge in [-0.15, -0.1) is 11.3 Å². The van der Waals surface area contributed by atoms with Crippen LogP contribution in [0.3, 0.4) is 0 Å². The van der Waals surface area contributed by atoms with Crippen LogP contribution in [0.2, 0.25) is 0 Å². The van der Waals surface area contributed by atoms with Crippen LogP contribution in [0.1, 0.15) is 9.88 Å². The lowest BCUT2D eigenvalue weighted by molar-refractivity contribution is -0.125. The Labute approximate surface area is 155 Å². The van der Waals surface area contributed by atoms with Crippen LogP contribution >= 0.6 is 11.3 Å². The van der Waals surface area contributed by atoms with E-state index in [1.165, 1.54) is 4.90 Å². The van der Waals surface area contributed by atoms with Gasteiger partial charge in [0.15, 0.2) is 6.61 Å². The largest absolute Gasteiger partial charge is 0.482 e. The second kappa shape index (κ2) is 7.84. The molecule has 7 nitrogen and oxygen atoms in total. The molecule has 26 heavy (non-hydrogen) atoms. The number of ether oxygens (including phenoxy) is 2. The summed E-state index contributed by atoms with van der Waals surface area (Å²) in [7, 11) is 1.57. The molecular formula is C18H21N3O4S. The topological polar surface area (TPSA) is 80.8 Å². The van der Waals surface area contributed by atoms with Gasteiger partial charge in [-0.25, -0.2) is 4.98 Å². The second-order valence-corrected chi connectivity index (χ2v) is 7.34. The lowest BCUT2D eigenvalue weighted by atomic mass is 10.1. The molecule has 2 amide bonds. The van der Waals surface area contributed by atoms with E-state index in [2.05, 4.69) is 10.3 Å². The molecule has 1 aromatic heterocycles. The van der Waals surface area contributed by atoms with E-state index in [1.807, 2.05) is 32.0 Å². The Kier molecular flexibility index (Phi) is 5.53. The van der Waals surface area contributed by atoms with Crippen molar-refractivity contribution in [2.75, 3.05) is 38.3 Å². The number of nitrogens with one attached hydrogen (secondary N) is 1. The molecule has 3 rings (SSSR count). The van der Waals surface area contributed by atoms with Crippen molar-refractivity contribution in [3.05, 3.63) is 28.1 Å². The highest BCUT2D eigenvalue weighted by molar-refractivity contribution is 7.11. The second-order valence-electron chi connectivity index (χ2n) is 5.93. The van der Waals surface area contributed by atoms with Crippen LogP contribution in [-0.2, 0) is 14.3 Å². The molecule has 1 aromatic carbocycles. The van der Waals surface area contributed by atoms with Crippen molar-refractivity contribution in [3.8, 4) is 17.0 Å². The van der Waals surface area contributed by atoms with Gasteiger partial charge in [0.1, 0.15) is 12.3 Å². The van der Waals surface area contributed by atoms with Crippen molar-refractivity contribution in [1.29, 1.82) is 0 Å². The number of amides is 2. The fraction of sp³-hybridized carbons (Fsp3) is 0.389. The van der Waals surface area contributed by atoms with Crippen molar-refractivity contribution in [3.63, 3.8) is 0 Å². The first-order valence-corrected chi connectivity index (χ1v) is 9.08. The van der Waals surface area contributed by atoms with E-state index in [9.17, 15) is 9.59 Å². The lowest BCUT2D eigenvalue weighted by Gasteiger charge is -2.29. The molecule has 0 saturated heterocycles. The maximum atomic E-state index is 12.3. The number of methoxy groups -OCH3 is 1. The van der Waals surface area contributed by atoms with Gasteiger partial charge in [0.2, 0.25) is 5.91 Å². The van der Waals surface area contributed by atoms with Crippen molar-refractivity contribution < 1.29 is 19.1 Å². The zero-order valence-corrected chi connectivity index (χ0v) is 15.8. The monoisotopic (exact) mass is 375 g/mol. The van der Waals surface area contributed by atoms with E-state index in [1.54, 1.807) is 18.4 Å². The molecule has 1 aliphatic heterocycles. The molecule has 1 N–H and O–H groups in total. The highest BCUT2D eigenvalue weighted by Gasteiger charge is 2.28. The van der Waals surface area contributed by atoms with E-state index < -0.39 is 0 Å². The first-order chi connectivity index (χ1) is 12.5. The average molecular weight is 375 g/mol. The molecule has 0 aliphatic carbocycles. The van der Waals surface area contributed by atoms with Crippen LogP contribution < -0.4 is 15.0 Å². The number of hydrogen-bond acceptors (Lipinski definition) is 6. The van der Waals surface area contributed by atoms with E-state index >= 15 is 0 Å². The van der Waals surface area contributed by atoms with E-state index in [4.69, 9.17) is 9.47 Å². The van der Waals surface area contributed by atoms with Gasteiger partial charge in [-0.2, -0.15) is 0 Å². The number of thiazole rings is 1. The number of rotatable bonds is 6. The summed E-state index contributed by atoms with van der Waals surface area (Å²) in [6.07, 6.45) is 0. The zero-order valence-electron chi connectivity index (χ0n) is 15.0. The summed E-state index contributed by atoms with van der Waals surface area (Å²) in [6, 6.07) is 5.60. The van der Waals surface area contributed by atoms with Crippen LogP contribution in [0, 0.1) is 13.8 Å². The Morgan fingerprint density at radius 3 is 2.92 bits per heavy atom. The highest BCUT2D eigenvalue weighted by atomic mass is 32.1. The summed E-state index contributed by atoms with van der Waals surface area (Å²) in [4.78, 5) is 31.6. The number of carbonyl (C=O) groups excluding carboxylic acids is 2. The molecule has 138 valence electrons. The van der Waals surface area contributed by atoms with Crippen molar-refractivity contribution in [2.24, 2.45) is 0 Å². The normalized spacial score (nSPS) is 13.3. The lowest BCUT2D eigenvalue weighted by Crippen LogP contribution is -2.45. The molecule has 0 spiro atoms. The summed E-state index contributed by atoms with van der Waals surface area (Å²) in [5.74, 6) is 0.0969. The highest BCUT2D eigenvalue weighted by Crippen LogP contribution is 2.37. The van der Waals surface area contributed by atoms with Crippen LogP contribution in [0.5, 0.6) is 5.75 Å². The fourth-order valence-corrected chi connectivity index (χ4v) is 3.65. The molecule has 0 atom stereocenters. The molecule has 0 bridgehead atoms. The van der Waals surface area contributed by atoms with Gasteiger partial charge in [-0.3, -0.25) is 14.5 Å². The molecular weight excluding hydrogens is 354 g/mol. The number of carbonyl (C=O) groups is 2. The number of aromatic nitrogens is 1. The molecule has 0 unspecified atom stereocenters. The fourth-order valence-electron chi connectivity index (χ4n) is 2.81. The Balaban J connectivity index is 1.87. The first-order valence-electron chi connectivity index (χ1n) is 8.27. The number of benzene rings is 1. The SMILES string of the molecule is COCCNC(=O)CN1C(=O)COc2ccc(-c3nc(C)sc3C)cc21. The minimum atomic E-state index is -0.247. The Morgan fingerprint density at radius 1 is 1.42 bits per heavy atom. The molecule has 2 heterocycles. The predicted molar refractivity (Wildman–Crippen MR) is 99.8 cm³/mol. The van der Waals surface area contributed by atoms with Gasteiger partial charge in [-0.1, -0.05) is 0 Å². The first kappa shape index (κ1) is 18.3. The quantitative estimate of drug-likeness (QED) is 0.780. The Bertz CT molecular complexity index is 834. The van der Waals surface area contributed by atoms with Crippen LogP contribution in [0.25, 0.3) is 11.3 Å². The zero-order chi connectivity index (χ0) is 18.7. The number of nitrogens with zero attached hydrogens (tertiary/aromatic N) is 2. The van der Waals surface area contributed by atoms with Crippen LogP contribution in [0.15, 0.2) is 18.2 Å². The third-order valence-electron chi connectivity index (χ3n) is 4.01. The maximum Gasteiger partial charge on any atom is 0.265 e. The molecule has 8 heteroatoms. The standard InChI is InChI=1S/C18H21N3O4S/c1-11-18(20-12(2)26-11)13-4-5-15-14(8-13)21(17(23)10-25-15)9-16(22)19-6-7-24-3/h4-5,8H,6-7,9-10H2,1-3H3,(H,19,22). The summed E-state index contributed by atoms with van der Waals surface area (Å²) in [5, 5.41) is 3.71. The van der Waals surface area contributed by atoms with Gasteiger partial charge in [-0.05, 0) is 32.0 Å². The minimum Gasteiger partial charge on any atom is -0.482 e. The smallest absolute Gasteiger partial charge is 0.265 e. The van der Waals surface area contributed by atoms with Crippen molar-refractivity contribution in [2.45, 2.75) is 13.8 Å². The summed E-state index contributed by atoms with van der Waals surface area (Å²) >= 11 is 1.63. The minimum absolute atomic E-state index is 0.0581. The third kappa shape index (κ3) is 3.86. The number of hydrogen-bond donors (Lipinski definition) is 1. The number of fused-ring (bicyclic) bond motifs is 1. The van der Waals surface area contributed by atoms with E-state index in [-0.39, 0.29) is 25.0 Å². The summed E-state index contributed by atoms with van der Waals surface area (Å²) in [5.41, 5.74) is 2.37. The van der Waals surface area contributed by atoms with E-state index in [0.29, 0.717) is 24.6 Å². The maximum absolute atomic E-state index is 12.3. The molecule has 2 aromatic rings. The molecule has 0 saturated carbocycles. The predicted octanol–water partition coefficient (Wildman–Crippen LogP) is 1.91. The van der Waals surface area contributed by atoms with Gasteiger partial charge in [0.25, 0.3) is 5.91 Å². The molecule has 0 radical (unpaired) electrons. The number of anilines is 1. The van der Waals surface area contributed by atoms with Gasteiger partial charge in [0, 0.05) is 24.1 Å². The summed E-state index contributed by atoms with van der Waals surface area (Å²) in [6.45, 7) is 4.67. The number of aryl methyl sites for hydroxylation is 2. The van der Waals surface area contributed by atoms with Crippen molar-refractivity contribution in [1.82, 2.24) is 10.3 Å². The van der Waals surface area contributed by atoms with E-state index in [0.717, 1.165) is 21.1 Å². The third-order valence-corrected chi connectivity index (χ3v) is 4.90. The van der Waals surface area contributed by atoms with Gasteiger partial charge in [0.05, 0.1) is 23.0 Å². The Hall–Kier alpha value is -2.45. The van der Waals surface area contributed by atoms with Crippen LogP contribution in [-0.4, -0.2) is 50.2 Å². The average Bonchev–Trinajstić information content (AvgIpc) is 2.95.